The molecule has 2 aliphatic rings. The van der Waals surface area contributed by atoms with Crippen molar-refractivity contribution in [1.29, 1.82) is 0 Å². The Kier molecular flexibility index (Phi) is 6.90. The lowest BCUT2D eigenvalue weighted by Gasteiger charge is -2.19. The second kappa shape index (κ2) is 9.81. The molecule has 1 heterocycles. The summed E-state index contributed by atoms with van der Waals surface area (Å²) in [5.41, 5.74) is 3.30. The van der Waals surface area contributed by atoms with E-state index >= 15 is 0 Å². The van der Waals surface area contributed by atoms with E-state index in [0.717, 1.165) is 60.4 Å². The van der Waals surface area contributed by atoms with Crippen molar-refractivity contribution in [3.63, 3.8) is 0 Å². The third-order valence-corrected chi connectivity index (χ3v) is 7.37. The minimum Gasteiger partial charge on any atom is -0.493 e. The molecule has 1 aromatic carbocycles. The van der Waals surface area contributed by atoms with Gasteiger partial charge < -0.3 is 15.2 Å². The topological polar surface area (TPSA) is 88.5 Å². The number of carbonyl (C=O) groups is 2. The van der Waals surface area contributed by atoms with E-state index in [4.69, 9.17) is 9.84 Å². The first kappa shape index (κ1) is 21.8. The van der Waals surface area contributed by atoms with Crippen molar-refractivity contribution in [1.82, 2.24) is 4.98 Å². The molecule has 1 atom stereocenters. The number of carboxylic acids is 1. The zero-order valence-corrected chi connectivity index (χ0v) is 18.8. The summed E-state index contributed by atoms with van der Waals surface area (Å²) in [6.07, 6.45) is 8.14. The summed E-state index contributed by atoms with van der Waals surface area (Å²) in [7, 11) is 0. The zero-order chi connectivity index (χ0) is 21.8. The van der Waals surface area contributed by atoms with Crippen molar-refractivity contribution in [2.45, 2.75) is 70.6 Å². The van der Waals surface area contributed by atoms with E-state index in [1.54, 1.807) is 0 Å². The van der Waals surface area contributed by atoms with Crippen LogP contribution in [0.4, 0.5) is 5.13 Å². The molecule has 1 amide bonds. The normalized spacial score (nSPS) is 18.5. The first-order chi connectivity index (χ1) is 15.0. The fraction of sp³-hybridized carbons (Fsp3) is 0.542. The number of hydrogen-bond acceptors (Lipinski definition) is 5. The van der Waals surface area contributed by atoms with E-state index in [-0.39, 0.29) is 24.2 Å². The molecule has 7 heteroatoms. The van der Waals surface area contributed by atoms with Crippen LogP contribution < -0.4 is 10.1 Å². The Morgan fingerprint density at radius 2 is 2.03 bits per heavy atom. The third-order valence-electron chi connectivity index (χ3n) is 6.44. The second-order valence-electron chi connectivity index (χ2n) is 8.64. The van der Waals surface area contributed by atoms with Crippen LogP contribution in [0.25, 0.3) is 0 Å². The molecule has 0 spiro atoms. The number of aromatic nitrogens is 1. The number of hydrogen-bond donors (Lipinski definition) is 2. The number of ether oxygens (including phenoxy) is 1. The van der Waals surface area contributed by atoms with Crippen LogP contribution in [0.1, 0.15) is 72.6 Å². The van der Waals surface area contributed by atoms with Gasteiger partial charge in [-0.05, 0) is 61.8 Å². The van der Waals surface area contributed by atoms with Crippen molar-refractivity contribution >= 4 is 28.3 Å². The van der Waals surface area contributed by atoms with Crippen LogP contribution in [0.2, 0.25) is 0 Å². The summed E-state index contributed by atoms with van der Waals surface area (Å²) in [6.45, 7) is 2.54. The Morgan fingerprint density at radius 3 is 2.81 bits per heavy atom. The van der Waals surface area contributed by atoms with Crippen LogP contribution in [0, 0.1) is 12.8 Å². The van der Waals surface area contributed by atoms with E-state index in [1.807, 2.05) is 25.1 Å². The maximum Gasteiger partial charge on any atom is 0.303 e. The maximum absolute atomic E-state index is 12.5. The standard InChI is InChI=1S/C24H30N2O4S/c1-15-21(25-24(31-15)26-23(29)16-5-3-2-4-6-16)11-12-30-19-9-10-20-17(13-19)7-8-18(20)14-22(27)28/h9-10,13,16,18H,2-8,11-12,14H2,1H3,(H,27,28)(H,25,26,29). The number of aryl methyl sites for hydroxylation is 2. The number of aliphatic carboxylic acids is 1. The number of fused-ring (bicyclic) bond motifs is 1. The molecule has 166 valence electrons. The number of carbonyl (C=O) groups excluding carboxylic acids is 1. The molecule has 31 heavy (non-hydrogen) atoms. The quantitative estimate of drug-likeness (QED) is 0.594. The van der Waals surface area contributed by atoms with E-state index in [1.165, 1.54) is 23.3 Å². The predicted molar refractivity (Wildman–Crippen MR) is 121 cm³/mol. The first-order valence-corrected chi connectivity index (χ1v) is 12.1. The highest BCUT2D eigenvalue weighted by molar-refractivity contribution is 7.15. The summed E-state index contributed by atoms with van der Waals surface area (Å²) in [6, 6.07) is 5.99. The van der Waals surface area contributed by atoms with Crippen LogP contribution in [-0.4, -0.2) is 28.6 Å². The predicted octanol–water partition coefficient (Wildman–Crippen LogP) is 5.10. The van der Waals surface area contributed by atoms with Crippen LogP contribution in [-0.2, 0) is 22.4 Å². The number of anilines is 1. The van der Waals surface area contributed by atoms with Gasteiger partial charge in [0, 0.05) is 17.2 Å². The molecule has 1 aromatic heterocycles. The van der Waals surface area contributed by atoms with Gasteiger partial charge in [-0.15, -0.1) is 11.3 Å². The number of amides is 1. The lowest BCUT2D eigenvalue weighted by molar-refractivity contribution is -0.137. The molecule has 2 aromatic rings. The van der Waals surface area contributed by atoms with E-state index < -0.39 is 5.97 Å². The molecule has 0 bridgehead atoms. The molecule has 1 fully saturated rings. The monoisotopic (exact) mass is 442 g/mol. The Bertz CT molecular complexity index is 949. The van der Waals surface area contributed by atoms with Gasteiger partial charge in [0.25, 0.3) is 0 Å². The Hall–Kier alpha value is -2.41. The molecular weight excluding hydrogens is 412 g/mol. The van der Waals surface area contributed by atoms with Crippen molar-refractivity contribution < 1.29 is 19.4 Å². The molecule has 4 rings (SSSR count). The second-order valence-corrected chi connectivity index (χ2v) is 9.84. The number of nitrogens with one attached hydrogen (secondary N) is 1. The largest absolute Gasteiger partial charge is 0.493 e. The van der Waals surface area contributed by atoms with Gasteiger partial charge in [-0.2, -0.15) is 0 Å². The van der Waals surface area contributed by atoms with Gasteiger partial charge in [-0.3, -0.25) is 9.59 Å². The lowest BCUT2D eigenvalue weighted by Crippen LogP contribution is -2.24. The highest BCUT2D eigenvalue weighted by atomic mass is 32.1. The van der Waals surface area contributed by atoms with Crippen LogP contribution in [0.5, 0.6) is 5.75 Å². The number of benzene rings is 1. The number of nitrogens with zero attached hydrogens (tertiary/aromatic N) is 1. The van der Waals surface area contributed by atoms with E-state index in [0.29, 0.717) is 18.2 Å². The summed E-state index contributed by atoms with van der Waals surface area (Å²) in [5, 5.41) is 12.8. The van der Waals surface area contributed by atoms with Gasteiger partial charge in [0.15, 0.2) is 5.13 Å². The molecule has 2 aliphatic carbocycles. The number of thiazole rings is 1. The number of carboxylic acid groups (broad SMARTS) is 1. The fourth-order valence-corrected chi connectivity index (χ4v) is 5.61. The van der Waals surface area contributed by atoms with Crippen molar-refractivity contribution in [2.75, 3.05) is 11.9 Å². The van der Waals surface area contributed by atoms with E-state index in [2.05, 4.69) is 10.3 Å². The van der Waals surface area contributed by atoms with Crippen LogP contribution in [0.3, 0.4) is 0 Å². The van der Waals surface area contributed by atoms with Gasteiger partial charge in [0.05, 0.1) is 18.7 Å². The van der Waals surface area contributed by atoms with Crippen molar-refractivity contribution in [2.24, 2.45) is 5.92 Å². The minimum absolute atomic E-state index is 0.107. The summed E-state index contributed by atoms with van der Waals surface area (Å²) < 4.78 is 5.95. The maximum atomic E-state index is 12.5. The van der Waals surface area contributed by atoms with Crippen LogP contribution >= 0.6 is 11.3 Å². The summed E-state index contributed by atoms with van der Waals surface area (Å²) >= 11 is 1.53. The van der Waals surface area contributed by atoms with Gasteiger partial charge in [-0.1, -0.05) is 25.3 Å². The average Bonchev–Trinajstić information content (AvgIpc) is 3.31. The number of rotatable bonds is 8. The Balaban J connectivity index is 1.29. The van der Waals surface area contributed by atoms with Crippen molar-refractivity contribution in [3.05, 3.63) is 39.9 Å². The summed E-state index contributed by atoms with van der Waals surface area (Å²) in [4.78, 5) is 29.2. The fourth-order valence-electron chi connectivity index (χ4n) is 4.75. The van der Waals surface area contributed by atoms with Gasteiger partial charge in [-0.25, -0.2) is 4.98 Å². The average molecular weight is 443 g/mol. The Morgan fingerprint density at radius 1 is 1.23 bits per heavy atom. The first-order valence-electron chi connectivity index (χ1n) is 11.2. The summed E-state index contributed by atoms with van der Waals surface area (Å²) in [5.74, 6) is 0.413. The zero-order valence-electron chi connectivity index (χ0n) is 18.0. The molecule has 0 radical (unpaired) electrons. The molecule has 6 nitrogen and oxygen atoms in total. The smallest absolute Gasteiger partial charge is 0.303 e. The van der Waals surface area contributed by atoms with Gasteiger partial charge in [0.1, 0.15) is 5.75 Å². The van der Waals surface area contributed by atoms with Crippen LogP contribution in [0.15, 0.2) is 18.2 Å². The molecule has 1 unspecified atom stereocenters. The Labute approximate surface area is 187 Å². The van der Waals surface area contributed by atoms with E-state index in [9.17, 15) is 9.59 Å². The molecular formula is C24H30N2O4S. The SMILES string of the molecule is Cc1sc(NC(=O)C2CCCCC2)nc1CCOc1ccc2c(c1)CCC2CC(=O)O. The molecule has 0 aliphatic heterocycles. The van der Waals surface area contributed by atoms with Gasteiger partial charge in [0.2, 0.25) is 5.91 Å². The molecule has 2 N–H and O–H groups in total. The highest BCUT2D eigenvalue weighted by Crippen LogP contribution is 2.37. The molecule has 0 saturated heterocycles. The minimum atomic E-state index is -0.744. The van der Waals surface area contributed by atoms with Gasteiger partial charge >= 0.3 is 5.97 Å². The molecule has 1 saturated carbocycles. The third kappa shape index (κ3) is 5.45. The lowest BCUT2D eigenvalue weighted by atomic mass is 9.89. The van der Waals surface area contributed by atoms with Crippen molar-refractivity contribution in [3.8, 4) is 5.75 Å². The highest BCUT2D eigenvalue weighted by Gasteiger charge is 2.25.